The van der Waals surface area contributed by atoms with Crippen molar-refractivity contribution in [3.05, 3.63) is 0 Å². The van der Waals surface area contributed by atoms with Crippen molar-refractivity contribution in [3.63, 3.8) is 0 Å². The van der Waals surface area contributed by atoms with Crippen molar-refractivity contribution >= 4 is 0 Å². The van der Waals surface area contributed by atoms with E-state index in [1.807, 2.05) is 0 Å². The Morgan fingerprint density at radius 3 is 2.36 bits per heavy atom. The lowest BCUT2D eigenvalue weighted by Gasteiger charge is -2.27. The standard InChI is InChI=1S/C13H27N/c1-5-11(6-2)12-7-8-14-13(12)9-10(3)4/h10-14H,5-9H2,1-4H3. The Morgan fingerprint density at radius 2 is 1.86 bits per heavy atom. The average Bonchev–Trinajstić information content (AvgIpc) is 2.55. The molecule has 0 amide bonds. The molecule has 0 aromatic rings. The van der Waals surface area contributed by atoms with Crippen molar-refractivity contribution in [1.82, 2.24) is 5.32 Å². The first kappa shape index (κ1) is 12.0. The molecule has 84 valence electrons. The molecule has 2 unspecified atom stereocenters. The SMILES string of the molecule is CCC(CC)C1CCNC1CC(C)C. The van der Waals surface area contributed by atoms with Gasteiger partial charge >= 0.3 is 0 Å². The molecule has 0 saturated carbocycles. The van der Waals surface area contributed by atoms with Crippen molar-refractivity contribution in [2.75, 3.05) is 6.54 Å². The van der Waals surface area contributed by atoms with Gasteiger partial charge in [-0.1, -0.05) is 40.5 Å². The summed E-state index contributed by atoms with van der Waals surface area (Å²) < 4.78 is 0. The molecule has 0 aliphatic carbocycles. The van der Waals surface area contributed by atoms with E-state index in [0.717, 1.165) is 23.8 Å². The summed E-state index contributed by atoms with van der Waals surface area (Å²) in [5.41, 5.74) is 0. The van der Waals surface area contributed by atoms with E-state index in [4.69, 9.17) is 0 Å². The van der Waals surface area contributed by atoms with E-state index < -0.39 is 0 Å². The maximum atomic E-state index is 3.69. The Labute approximate surface area is 89.7 Å². The summed E-state index contributed by atoms with van der Waals surface area (Å²) in [5, 5.41) is 3.69. The van der Waals surface area contributed by atoms with Crippen LogP contribution in [0.25, 0.3) is 0 Å². The summed E-state index contributed by atoms with van der Waals surface area (Å²) in [6, 6.07) is 0.805. The van der Waals surface area contributed by atoms with Crippen LogP contribution in [-0.2, 0) is 0 Å². The molecule has 1 rings (SSSR count). The van der Waals surface area contributed by atoms with Gasteiger partial charge in [0.15, 0.2) is 0 Å². The average molecular weight is 197 g/mol. The lowest BCUT2D eigenvalue weighted by atomic mass is 9.80. The van der Waals surface area contributed by atoms with Gasteiger partial charge in [0.2, 0.25) is 0 Å². The second kappa shape index (κ2) is 5.75. The summed E-state index contributed by atoms with van der Waals surface area (Å²) in [6.07, 6.45) is 5.49. The fourth-order valence-corrected chi connectivity index (χ4v) is 3.01. The van der Waals surface area contributed by atoms with E-state index in [-0.39, 0.29) is 0 Å². The first-order valence-corrected chi connectivity index (χ1v) is 6.42. The van der Waals surface area contributed by atoms with Crippen LogP contribution in [0.4, 0.5) is 0 Å². The summed E-state index contributed by atoms with van der Waals surface area (Å²) in [5.74, 6) is 2.74. The van der Waals surface area contributed by atoms with E-state index in [2.05, 4.69) is 33.0 Å². The minimum absolute atomic E-state index is 0.805. The second-order valence-electron chi connectivity index (χ2n) is 5.22. The molecule has 1 fully saturated rings. The van der Waals surface area contributed by atoms with Gasteiger partial charge in [0, 0.05) is 6.04 Å². The van der Waals surface area contributed by atoms with Gasteiger partial charge in [-0.2, -0.15) is 0 Å². The molecular weight excluding hydrogens is 170 g/mol. The molecule has 1 aliphatic rings. The van der Waals surface area contributed by atoms with Crippen molar-refractivity contribution in [2.24, 2.45) is 17.8 Å². The van der Waals surface area contributed by atoms with Crippen LogP contribution in [0.5, 0.6) is 0 Å². The summed E-state index contributed by atoms with van der Waals surface area (Å²) >= 11 is 0. The first-order chi connectivity index (χ1) is 6.69. The van der Waals surface area contributed by atoms with Crippen molar-refractivity contribution < 1.29 is 0 Å². The van der Waals surface area contributed by atoms with Crippen molar-refractivity contribution in [1.29, 1.82) is 0 Å². The Morgan fingerprint density at radius 1 is 1.21 bits per heavy atom. The highest BCUT2D eigenvalue weighted by Gasteiger charge is 2.31. The third-order valence-electron chi connectivity index (χ3n) is 3.78. The van der Waals surface area contributed by atoms with Gasteiger partial charge in [0.05, 0.1) is 0 Å². The van der Waals surface area contributed by atoms with E-state index in [1.165, 1.54) is 32.2 Å². The zero-order chi connectivity index (χ0) is 10.6. The molecule has 2 atom stereocenters. The third kappa shape index (κ3) is 2.98. The number of hydrogen-bond donors (Lipinski definition) is 1. The lowest BCUT2D eigenvalue weighted by Crippen LogP contribution is -2.32. The van der Waals surface area contributed by atoms with Crippen LogP contribution < -0.4 is 5.32 Å². The van der Waals surface area contributed by atoms with E-state index in [9.17, 15) is 0 Å². The van der Waals surface area contributed by atoms with E-state index in [1.54, 1.807) is 0 Å². The maximum absolute atomic E-state index is 3.69. The van der Waals surface area contributed by atoms with Gasteiger partial charge in [0.1, 0.15) is 0 Å². The molecule has 1 saturated heterocycles. The normalized spacial score (nSPS) is 27.9. The van der Waals surface area contributed by atoms with Crippen LogP contribution in [0.3, 0.4) is 0 Å². The van der Waals surface area contributed by atoms with Crippen molar-refractivity contribution in [3.8, 4) is 0 Å². The van der Waals surface area contributed by atoms with Gasteiger partial charge in [0.25, 0.3) is 0 Å². The van der Waals surface area contributed by atoms with Crippen LogP contribution in [0.1, 0.15) is 53.4 Å². The highest BCUT2D eigenvalue weighted by molar-refractivity contribution is 4.87. The second-order valence-corrected chi connectivity index (χ2v) is 5.22. The van der Waals surface area contributed by atoms with Gasteiger partial charge in [-0.15, -0.1) is 0 Å². The molecule has 0 radical (unpaired) electrons. The molecular formula is C13H27N. The summed E-state index contributed by atoms with van der Waals surface area (Å²) in [7, 11) is 0. The van der Waals surface area contributed by atoms with E-state index in [0.29, 0.717) is 0 Å². The largest absolute Gasteiger partial charge is 0.314 e. The van der Waals surface area contributed by atoms with Crippen LogP contribution in [0.15, 0.2) is 0 Å². The molecule has 14 heavy (non-hydrogen) atoms. The molecule has 0 bridgehead atoms. The lowest BCUT2D eigenvalue weighted by molar-refractivity contribution is 0.259. The summed E-state index contributed by atoms with van der Waals surface area (Å²) in [6.45, 7) is 10.6. The molecule has 0 spiro atoms. The number of rotatable bonds is 5. The van der Waals surface area contributed by atoms with Crippen molar-refractivity contribution in [2.45, 2.75) is 59.4 Å². The molecule has 1 aliphatic heterocycles. The molecule has 1 nitrogen and oxygen atoms in total. The number of nitrogens with one attached hydrogen (secondary N) is 1. The Bertz CT molecular complexity index is 149. The molecule has 1 N–H and O–H groups in total. The highest BCUT2D eigenvalue weighted by atomic mass is 15.0. The smallest absolute Gasteiger partial charge is 0.0101 e. The molecule has 0 aromatic carbocycles. The predicted molar refractivity (Wildman–Crippen MR) is 63.4 cm³/mol. The fourth-order valence-electron chi connectivity index (χ4n) is 3.01. The Kier molecular flexibility index (Phi) is 4.94. The van der Waals surface area contributed by atoms with Gasteiger partial charge < -0.3 is 5.32 Å². The van der Waals surface area contributed by atoms with Crippen LogP contribution >= 0.6 is 0 Å². The van der Waals surface area contributed by atoms with Gasteiger partial charge in [-0.3, -0.25) is 0 Å². The minimum atomic E-state index is 0.805. The van der Waals surface area contributed by atoms with Gasteiger partial charge in [-0.25, -0.2) is 0 Å². The minimum Gasteiger partial charge on any atom is -0.314 e. The molecule has 1 heterocycles. The Hall–Kier alpha value is -0.0400. The highest BCUT2D eigenvalue weighted by Crippen LogP contribution is 2.31. The third-order valence-corrected chi connectivity index (χ3v) is 3.78. The summed E-state index contributed by atoms with van der Waals surface area (Å²) in [4.78, 5) is 0. The quantitative estimate of drug-likeness (QED) is 0.712. The fraction of sp³-hybridized carbons (Fsp3) is 1.00. The van der Waals surface area contributed by atoms with Gasteiger partial charge in [-0.05, 0) is 37.1 Å². The topological polar surface area (TPSA) is 12.0 Å². The zero-order valence-corrected chi connectivity index (χ0v) is 10.3. The monoisotopic (exact) mass is 197 g/mol. The van der Waals surface area contributed by atoms with Crippen LogP contribution in [0, 0.1) is 17.8 Å². The maximum Gasteiger partial charge on any atom is 0.0101 e. The predicted octanol–water partition coefficient (Wildman–Crippen LogP) is 3.45. The number of hydrogen-bond acceptors (Lipinski definition) is 1. The molecule has 1 heteroatoms. The molecule has 0 aromatic heterocycles. The Balaban J connectivity index is 2.49. The zero-order valence-electron chi connectivity index (χ0n) is 10.3. The van der Waals surface area contributed by atoms with Crippen LogP contribution in [-0.4, -0.2) is 12.6 Å². The van der Waals surface area contributed by atoms with Crippen LogP contribution in [0.2, 0.25) is 0 Å². The van der Waals surface area contributed by atoms with E-state index >= 15 is 0 Å². The first-order valence-electron chi connectivity index (χ1n) is 6.42.